The lowest BCUT2D eigenvalue weighted by molar-refractivity contribution is -0.379. The average molecular weight is 1130 g/mol. The minimum absolute atomic E-state index is 0.229. The van der Waals surface area contributed by atoms with E-state index < -0.39 is 124 Å². The molecule has 0 spiro atoms. The summed E-state index contributed by atoms with van der Waals surface area (Å²) in [5.74, 6) is -0.292. The summed E-state index contributed by atoms with van der Waals surface area (Å²) in [7, 11) is 0. The Bertz CT molecular complexity index is 1630. The molecule has 19 heteroatoms. The highest BCUT2D eigenvalue weighted by molar-refractivity contribution is 5.76. The van der Waals surface area contributed by atoms with Crippen molar-refractivity contribution in [3.8, 4) is 0 Å². The number of amides is 1. The Labute approximate surface area is 472 Å². The summed E-state index contributed by atoms with van der Waals surface area (Å²) in [4.78, 5) is 13.3. The number of rotatable bonds is 44. The molecule has 1 amide bonds. The van der Waals surface area contributed by atoms with Crippen LogP contribution < -0.4 is 5.32 Å². The van der Waals surface area contributed by atoms with Crippen LogP contribution in [0.2, 0.25) is 0 Å². The van der Waals surface area contributed by atoms with Crippen LogP contribution in [0.4, 0.5) is 0 Å². The molecule has 17 atom stereocenters. The Hall–Kier alpha value is -2.25. The Morgan fingerprint density at radius 3 is 1.37 bits per heavy atom. The quantitative estimate of drug-likeness (QED) is 0.0265. The minimum atomic E-state index is -1.98. The molecule has 0 bridgehead atoms. The van der Waals surface area contributed by atoms with Gasteiger partial charge >= 0.3 is 0 Å². The molecule has 460 valence electrons. The summed E-state index contributed by atoms with van der Waals surface area (Å²) in [6.07, 6.45) is 20.9. The highest BCUT2D eigenvalue weighted by atomic mass is 16.8. The number of unbranched alkanes of at least 4 members (excludes halogenated alkanes) is 22. The predicted octanol–water partition coefficient (Wildman–Crippen LogP) is 5.48. The van der Waals surface area contributed by atoms with Gasteiger partial charge in [-0.05, 0) is 64.2 Å². The maximum atomic E-state index is 13.3. The van der Waals surface area contributed by atoms with Crippen LogP contribution in [-0.2, 0) is 33.2 Å². The SMILES string of the molecule is CCCCC/C=C\C/C=C\CCCCCCCCCCCC(=O)NC(COC1OC(CO)C(OC2OC(CO)C(OC3OC(CO)C(O)C(O)C3O)C(O)C2O)C(O)C1O)C(O)/C=C/CC/C=C/CCCCCCCCCCC. The number of aliphatic hydroxyl groups is 11. The number of carbonyl (C=O) groups excluding carboxylic acids is 1. The van der Waals surface area contributed by atoms with Crippen molar-refractivity contribution in [3.63, 3.8) is 0 Å². The fourth-order valence-corrected chi connectivity index (χ4v) is 10.1. The monoisotopic (exact) mass is 1130 g/mol. The van der Waals surface area contributed by atoms with Crippen LogP contribution in [0.15, 0.2) is 48.6 Å². The molecule has 12 N–H and O–H groups in total. The lowest BCUT2D eigenvalue weighted by atomic mass is 9.96. The van der Waals surface area contributed by atoms with Crippen molar-refractivity contribution in [3.05, 3.63) is 48.6 Å². The van der Waals surface area contributed by atoms with Gasteiger partial charge in [0.1, 0.15) is 73.2 Å². The topological polar surface area (TPSA) is 307 Å². The normalized spacial score (nSPS) is 30.6. The third kappa shape index (κ3) is 27.3. The van der Waals surface area contributed by atoms with E-state index in [1.165, 1.54) is 103 Å². The van der Waals surface area contributed by atoms with Crippen molar-refractivity contribution in [1.29, 1.82) is 0 Å². The number of aliphatic hydroxyl groups excluding tert-OH is 11. The van der Waals surface area contributed by atoms with E-state index in [0.29, 0.717) is 12.8 Å². The second kappa shape index (κ2) is 43.4. The highest BCUT2D eigenvalue weighted by Gasteiger charge is 2.53. The zero-order valence-electron chi connectivity index (χ0n) is 47.8. The van der Waals surface area contributed by atoms with Crippen LogP contribution in [0.5, 0.6) is 0 Å². The van der Waals surface area contributed by atoms with Gasteiger partial charge in [0, 0.05) is 6.42 Å². The summed E-state index contributed by atoms with van der Waals surface area (Å²) in [5, 5.41) is 120. The minimum Gasteiger partial charge on any atom is -0.394 e. The molecule has 17 unspecified atom stereocenters. The molecule has 3 aliphatic rings. The van der Waals surface area contributed by atoms with E-state index in [4.69, 9.17) is 28.4 Å². The number of hydrogen-bond acceptors (Lipinski definition) is 18. The smallest absolute Gasteiger partial charge is 0.220 e. The van der Waals surface area contributed by atoms with Crippen LogP contribution in [-0.4, -0.2) is 193 Å². The Balaban J connectivity index is 1.51. The first-order valence-corrected chi connectivity index (χ1v) is 30.4. The summed E-state index contributed by atoms with van der Waals surface area (Å²) < 4.78 is 34.2. The van der Waals surface area contributed by atoms with Gasteiger partial charge in [-0.1, -0.05) is 172 Å². The van der Waals surface area contributed by atoms with Crippen LogP contribution >= 0.6 is 0 Å². The zero-order chi connectivity index (χ0) is 57.6. The Kier molecular flexibility index (Phi) is 39.0. The van der Waals surface area contributed by atoms with Crippen LogP contribution in [0.25, 0.3) is 0 Å². The van der Waals surface area contributed by atoms with Crippen molar-refractivity contribution in [2.24, 2.45) is 0 Å². The van der Waals surface area contributed by atoms with Gasteiger partial charge in [0.2, 0.25) is 5.91 Å². The van der Waals surface area contributed by atoms with Gasteiger partial charge in [-0.25, -0.2) is 0 Å². The summed E-state index contributed by atoms with van der Waals surface area (Å²) in [5.41, 5.74) is 0. The summed E-state index contributed by atoms with van der Waals surface area (Å²) in [6, 6.07) is -0.992. The molecule has 3 aliphatic heterocycles. The largest absolute Gasteiger partial charge is 0.394 e. The predicted molar refractivity (Wildman–Crippen MR) is 300 cm³/mol. The molecule has 0 aliphatic carbocycles. The molecule has 0 saturated carbocycles. The van der Waals surface area contributed by atoms with Gasteiger partial charge in [0.25, 0.3) is 0 Å². The van der Waals surface area contributed by atoms with Crippen LogP contribution in [0, 0.1) is 0 Å². The molecule has 0 aromatic heterocycles. The molecule has 79 heavy (non-hydrogen) atoms. The van der Waals surface area contributed by atoms with E-state index in [-0.39, 0.29) is 18.9 Å². The van der Waals surface area contributed by atoms with E-state index in [1.54, 1.807) is 6.08 Å². The van der Waals surface area contributed by atoms with Crippen molar-refractivity contribution >= 4 is 5.91 Å². The van der Waals surface area contributed by atoms with Crippen molar-refractivity contribution in [2.75, 3.05) is 26.4 Å². The number of hydrogen-bond donors (Lipinski definition) is 12. The lowest BCUT2D eigenvalue weighted by Gasteiger charge is -2.48. The van der Waals surface area contributed by atoms with Gasteiger partial charge in [-0.15, -0.1) is 0 Å². The Morgan fingerprint density at radius 1 is 0.456 bits per heavy atom. The van der Waals surface area contributed by atoms with Crippen molar-refractivity contribution < 1.29 is 89.4 Å². The molecular formula is C60H107NO18. The number of allylic oxidation sites excluding steroid dienone is 7. The zero-order valence-corrected chi connectivity index (χ0v) is 47.8. The van der Waals surface area contributed by atoms with Gasteiger partial charge < -0.3 is 89.9 Å². The molecule has 3 rings (SSSR count). The van der Waals surface area contributed by atoms with Crippen LogP contribution in [0.3, 0.4) is 0 Å². The van der Waals surface area contributed by atoms with Gasteiger partial charge in [0.15, 0.2) is 18.9 Å². The van der Waals surface area contributed by atoms with Gasteiger partial charge in [-0.2, -0.15) is 0 Å². The first kappa shape index (κ1) is 71.0. The molecule has 3 heterocycles. The lowest BCUT2D eigenvalue weighted by Crippen LogP contribution is -2.66. The van der Waals surface area contributed by atoms with Crippen molar-refractivity contribution in [1.82, 2.24) is 5.32 Å². The van der Waals surface area contributed by atoms with E-state index in [1.807, 2.05) is 6.08 Å². The fraction of sp³-hybridized carbons (Fsp3) is 0.850. The second-order valence-electron chi connectivity index (χ2n) is 21.8. The summed E-state index contributed by atoms with van der Waals surface area (Å²) >= 11 is 0. The number of ether oxygens (including phenoxy) is 6. The third-order valence-electron chi connectivity index (χ3n) is 15.1. The number of nitrogens with one attached hydrogen (secondary N) is 1. The molecule has 0 radical (unpaired) electrons. The van der Waals surface area contributed by atoms with Crippen LogP contribution in [0.1, 0.15) is 194 Å². The average Bonchev–Trinajstić information content (AvgIpc) is 3.47. The molecule has 0 aromatic carbocycles. The fourth-order valence-electron chi connectivity index (χ4n) is 10.1. The van der Waals surface area contributed by atoms with E-state index in [2.05, 4.69) is 55.6 Å². The third-order valence-corrected chi connectivity index (χ3v) is 15.1. The van der Waals surface area contributed by atoms with E-state index in [0.717, 1.165) is 57.8 Å². The van der Waals surface area contributed by atoms with E-state index >= 15 is 0 Å². The Morgan fingerprint density at radius 2 is 0.848 bits per heavy atom. The molecule has 19 nitrogen and oxygen atoms in total. The molecule has 0 aromatic rings. The number of carbonyl (C=O) groups is 1. The first-order valence-electron chi connectivity index (χ1n) is 30.4. The maximum absolute atomic E-state index is 13.3. The van der Waals surface area contributed by atoms with Gasteiger partial charge in [-0.3, -0.25) is 4.79 Å². The highest BCUT2D eigenvalue weighted by Crippen LogP contribution is 2.33. The standard InChI is InChI=1S/C60H107NO18/c1-3-5-7-9-11-13-15-17-19-20-21-22-24-26-28-30-32-34-36-38-48(66)61-43(44(65)37-35-33-31-29-27-25-23-18-16-14-12-10-8-6-4-2)42-74-58-54(72)51(69)56(46(40-63)76-58)79-60-55(73)52(70)57(47(41-64)77-60)78-59-53(71)50(68)49(67)45(39-62)75-59/h11,13,17,19,27,29,35,37,43-47,49-60,62-65,67-73H,3-10,12,14-16,18,20-26,28,30-34,36,38-42H2,1-2H3,(H,61,66)/b13-11-,19-17-,29-27+,37-35+. The second-order valence-corrected chi connectivity index (χ2v) is 21.8. The molecule has 3 fully saturated rings. The molecular weight excluding hydrogens is 1020 g/mol. The van der Waals surface area contributed by atoms with Crippen molar-refractivity contribution in [2.45, 2.75) is 298 Å². The van der Waals surface area contributed by atoms with Gasteiger partial charge in [0.05, 0.1) is 38.6 Å². The first-order chi connectivity index (χ1) is 38.3. The summed E-state index contributed by atoms with van der Waals surface area (Å²) in [6.45, 7) is 1.66. The maximum Gasteiger partial charge on any atom is 0.220 e. The van der Waals surface area contributed by atoms with E-state index in [9.17, 15) is 61.0 Å². The molecule has 3 saturated heterocycles.